The maximum Gasteiger partial charge on any atom is 0.330 e. The second-order valence-corrected chi connectivity index (χ2v) is 6.84. The largest absolute Gasteiger partial charge is 0.330 e. The van der Waals surface area contributed by atoms with E-state index in [-0.39, 0.29) is 0 Å². The molecule has 27 heavy (non-hydrogen) atoms. The summed E-state index contributed by atoms with van der Waals surface area (Å²) in [7, 11) is 3.09. The maximum absolute atomic E-state index is 13.1. The molecule has 6 nitrogen and oxygen atoms in total. The van der Waals surface area contributed by atoms with Gasteiger partial charge in [-0.05, 0) is 25.1 Å². The van der Waals surface area contributed by atoms with Gasteiger partial charge in [0.2, 0.25) is 0 Å². The molecule has 0 fully saturated rings. The summed E-state index contributed by atoms with van der Waals surface area (Å²) in [5.41, 5.74) is 2.80. The van der Waals surface area contributed by atoms with E-state index in [1.54, 1.807) is 25.2 Å². The van der Waals surface area contributed by atoms with Crippen molar-refractivity contribution >= 4 is 17.2 Å². The van der Waals surface area contributed by atoms with Gasteiger partial charge in [-0.2, -0.15) is 0 Å². The van der Waals surface area contributed by atoms with Crippen LogP contribution in [-0.2, 0) is 14.1 Å². The highest BCUT2D eigenvalue weighted by Crippen LogP contribution is 2.32. The fraction of sp³-hybridized carbons (Fsp3) is 0.150. The van der Waals surface area contributed by atoms with Crippen LogP contribution in [0.4, 0.5) is 0 Å². The highest BCUT2D eigenvalue weighted by molar-refractivity contribution is 6.33. The topological polar surface area (TPSA) is 61.3 Å². The highest BCUT2D eigenvalue weighted by atomic mass is 35.5. The lowest BCUT2D eigenvalue weighted by atomic mass is 10.0. The Hall–Kier alpha value is -3.12. The van der Waals surface area contributed by atoms with E-state index in [0.717, 1.165) is 15.9 Å². The van der Waals surface area contributed by atoms with Crippen LogP contribution in [0.25, 0.3) is 28.2 Å². The van der Waals surface area contributed by atoms with Gasteiger partial charge in [0.1, 0.15) is 5.65 Å². The van der Waals surface area contributed by atoms with E-state index in [0.29, 0.717) is 27.5 Å². The van der Waals surface area contributed by atoms with Gasteiger partial charge >= 0.3 is 5.69 Å². The van der Waals surface area contributed by atoms with Crippen molar-refractivity contribution in [3.63, 3.8) is 0 Å². The molecule has 0 spiro atoms. The van der Waals surface area contributed by atoms with Gasteiger partial charge in [-0.1, -0.05) is 35.9 Å². The van der Waals surface area contributed by atoms with Crippen molar-refractivity contribution in [2.24, 2.45) is 14.1 Å². The van der Waals surface area contributed by atoms with Crippen LogP contribution in [0.15, 0.2) is 58.3 Å². The Morgan fingerprint density at radius 2 is 1.70 bits per heavy atom. The molecule has 0 bridgehead atoms. The number of aromatic nitrogens is 4. The third-order valence-corrected chi connectivity index (χ3v) is 5.08. The van der Waals surface area contributed by atoms with Crippen LogP contribution in [0.2, 0.25) is 5.02 Å². The third-order valence-electron chi connectivity index (χ3n) is 4.75. The summed E-state index contributed by atoms with van der Waals surface area (Å²) < 4.78 is 4.44. The fourth-order valence-electron chi connectivity index (χ4n) is 3.31. The minimum atomic E-state index is -0.418. The van der Waals surface area contributed by atoms with Crippen molar-refractivity contribution in [2.45, 2.75) is 6.92 Å². The first-order valence-electron chi connectivity index (χ1n) is 8.40. The second kappa shape index (κ2) is 6.25. The van der Waals surface area contributed by atoms with Gasteiger partial charge in [0.05, 0.1) is 17.0 Å². The molecular weight excluding hydrogens is 364 g/mol. The average Bonchev–Trinajstić information content (AvgIpc) is 3.09. The zero-order valence-corrected chi connectivity index (χ0v) is 15.9. The number of nitrogens with zero attached hydrogens (tertiary/aromatic N) is 4. The Morgan fingerprint density at radius 1 is 0.963 bits per heavy atom. The second-order valence-electron chi connectivity index (χ2n) is 6.43. The Labute approximate surface area is 159 Å². The number of rotatable bonds is 2. The molecule has 0 aliphatic rings. The minimum Gasteiger partial charge on any atom is -0.304 e. The molecule has 0 N–H and O–H groups in total. The van der Waals surface area contributed by atoms with Gasteiger partial charge in [-0.25, -0.2) is 9.78 Å². The predicted octanol–water partition coefficient (Wildman–Crippen LogP) is 3.03. The molecule has 0 saturated heterocycles. The Kier molecular flexibility index (Phi) is 4.00. The van der Waals surface area contributed by atoms with E-state index in [4.69, 9.17) is 11.6 Å². The zero-order chi connectivity index (χ0) is 19.3. The third kappa shape index (κ3) is 2.61. The van der Waals surface area contributed by atoms with Gasteiger partial charge in [-0.15, -0.1) is 0 Å². The van der Waals surface area contributed by atoms with Crippen molar-refractivity contribution in [3.05, 3.63) is 80.2 Å². The summed E-state index contributed by atoms with van der Waals surface area (Å²) in [5.74, 6) is 0. The Balaban J connectivity index is 2.17. The fourth-order valence-corrected chi connectivity index (χ4v) is 3.54. The van der Waals surface area contributed by atoms with Crippen molar-refractivity contribution in [3.8, 4) is 22.5 Å². The van der Waals surface area contributed by atoms with Gasteiger partial charge in [-0.3, -0.25) is 13.9 Å². The summed E-state index contributed by atoms with van der Waals surface area (Å²) >= 11 is 6.39. The lowest BCUT2D eigenvalue weighted by molar-refractivity contribution is 0.694. The van der Waals surface area contributed by atoms with E-state index in [2.05, 4.69) is 4.98 Å². The van der Waals surface area contributed by atoms with E-state index in [1.165, 1.54) is 11.6 Å². The van der Waals surface area contributed by atoms with Gasteiger partial charge in [0, 0.05) is 36.6 Å². The summed E-state index contributed by atoms with van der Waals surface area (Å²) in [4.78, 5) is 30.3. The van der Waals surface area contributed by atoms with Gasteiger partial charge in [0.25, 0.3) is 5.56 Å². The molecule has 1 aromatic carbocycles. The molecule has 0 atom stereocenters. The molecule has 136 valence electrons. The SMILES string of the molecule is Cc1cccc2nc(-c3c(-c4ccccc4Cl)n(C)c(=O)n(C)c3=O)cn12. The first-order chi connectivity index (χ1) is 12.9. The number of fused-ring (bicyclic) bond motifs is 1. The van der Waals surface area contributed by atoms with Crippen LogP contribution in [-0.4, -0.2) is 18.5 Å². The number of hydrogen-bond donors (Lipinski definition) is 0. The standard InChI is InChI=1S/C20H17ClN4O2/c1-12-7-6-10-16-22-15(11-25(12)16)17-18(13-8-4-5-9-14(13)21)23(2)20(27)24(3)19(17)26/h4-11H,1-3H3. The molecular formula is C20H17ClN4O2. The van der Waals surface area contributed by atoms with E-state index in [1.807, 2.05) is 41.8 Å². The van der Waals surface area contributed by atoms with Crippen molar-refractivity contribution in [2.75, 3.05) is 0 Å². The lowest BCUT2D eigenvalue weighted by Gasteiger charge is -2.15. The molecule has 7 heteroatoms. The molecule has 0 aliphatic carbocycles. The van der Waals surface area contributed by atoms with Crippen molar-refractivity contribution < 1.29 is 0 Å². The quantitative estimate of drug-likeness (QED) is 0.537. The first-order valence-corrected chi connectivity index (χ1v) is 8.78. The van der Waals surface area contributed by atoms with Gasteiger partial charge in [0.15, 0.2) is 0 Å². The average molecular weight is 381 g/mol. The Bertz CT molecular complexity index is 1310. The summed E-state index contributed by atoms with van der Waals surface area (Å²) in [6, 6.07) is 12.9. The number of pyridine rings is 1. The maximum atomic E-state index is 13.1. The molecule has 0 aliphatic heterocycles. The molecule has 0 saturated carbocycles. The number of imidazole rings is 1. The van der Waals surface area contributed by atoms with E-state index < -0.39 is 11.2 Å². The summed E-state index contributed by atoms with van der Waals surface area (Å²) in [6.07, 6.45) is 1.81. The van der Waals surface area contributed by atoms with Crippen LogP contribution in [0.5, 0.6) is 0 Å². The van der Waals surface area contributed by atoms with Crippen LogP contribution in [0.3, 0.4) is 0 Å². The predicted molar refractivity (Wildman–Crippen MR) is 106 cm³/mol. The Morgan fingerprint density at radius 3 is 2.41 bits per heavy atom. The summed E-state index contributed by atoms with van der Waals surface area (Å²) in [6.45, 7) is 1.96. The summed E-state index contributed by atoms with van der Waals surface area (Å²) in [5, 5.41) is 0.460. The number of aryl methyl sites for hydroxylation is 1. The van der Waals surface area contributed by atoms with E-state index >= 15 is 0 Å². The minimum absolute atomic E-state index is 0.343. The van der Waals surface area contributed by atoms with E-state index in [9.17, 15) is 9.59 Å². The normalized spacial score (nSPS) is 11.3. The molecule has 4 aromatic rings. The molecule has 0 amide bonds. The van der Waals surface area contributed by atoms with Crippen molar-refractivity contribution in [1.82, 2.24) is 18.5 Å². The number of halogens is 1. The molecule has 3 heterocycles. The highest BCUT2D eigenvalue weighted by Gasteiger charge is 2.22. The first kappa shape index (κ1) is 17.3. The van der Waals surface area contributed by atoms with Crippen LogP contribution >= 0.6 is 11.6 Å². The van der Waals surface area contributed by atoms with Crippen molar-refractivity contribution in [1.29, 1.82) is 0 Å². The van der Waals surface area contributed by atoms with Crippen LogP contribution in [0, 0.1) is 6.92 Å². The molecule has 4 rings (SSSR count). The zero-order valence-electron chi connectivity index (χ0n) is 15.1. The van der Waals surface area contributed by atoms with Crippen LogP contribution < -0.4 is 11.2 Å². The molecule has 0 radical (unpaired) electrons. The molecule has 3 aromatic heterocycles. The number of hydrogen-bond acceptors (Lipinski definition) is 3. The monoisotopic (exact) mass is 380 g/mol. The van der Waals surface area contributed by atoms with Gasteiger partial charge < -0.3 is 4.40 Å². The number of benzene rings is 1. The molecule has 0 unspecified atom stereocenters. The van der Waals surface area contributed by atoms with Crippen LogP contribution in [0.1, 0.15) is 5.69 Å². The smallest absolute Gasteiger partial charge is 0.304 e. The lowest BCUT2D eigenvalue weighted by Crippen LogP contribution is -2.38.